The van der Waals surface area contributed by atoms with Crippen LogP contribution < -0.4 is 20.3 Å². The van der Waals surface area contributed by atoms with E-state index < -0.39 is 0 Å². The Balaban J connectivity index is 1.53. The molecule has 2 amide bonds. The van der Waals surface area contributed by atoms with Crippen molar-refractivity contribution >= 4 is 17.7 Å². The van der Waals surface area contributed by atoms with Crippen molar-refractivity contribution < 1.29 is 9.53 Å². The summed E-state index contributed by atoms with van der Waals surface area (Å²) in [7, 11) is 1.55. The number of ether oxygens (including phenoxy) is 1. The number of carbonyl (C=O) groups excluding carboxylic acids is 1. The van der Waals surface area contributed by atoms with Crippen molar-refractivity contribution in [3.63, 3.8) is 0 Å². The van der Waals surface area contributed by atoms with Crippen molar-refractivity contribution in [2.45, 2.75) is 18.9 Å². The lowest BCUT2D eigenvalue weighted by atomic mass is 10.1. The van der Waals surface area contributed by atoms with Gasteiger partial charge in [0, 0.05) is 37.6 Å². The van der Waals surface area contributed by atoms with Crippen LogP contribution >= 0.6 is 0 Å². The fraction of sp³-hybridized carbons (Fsp3) is 0.375. The van der Waals surface area contributed by atoms with Gasteiger partial charge in [0.2, 0.25) is 11.8 Å². The van der Waals surface area contributed by atoms with E-state index in [0.29, 0.717) is 24.1 Å². The van der Waals surface area contributed by atoms with E-state index >= 15 is 0 Å². The second-order valence-corrected chi connectivity index (χ2v) is 5.52. The van der Waals surface area contributed by atoms with Crippen molar-refractivity contribution in [2.75, 3.05) is 30.4 Å². The molecule has 2 aromatic rings. The molecule has 1 saturated heterocycles. The number of pyridine rings is 1. The summed E-state index contributed by atoms with van der Waals surface area (Å²) in [6.45, 7) is 1.59. The number of anilines is 2. The highest BCUT2D eigenvalue weighted by molar-refractivity contribution is 5.89. The van der Waals surface area contributed by atoms with Gasteiger partial charge in [0.25, 0.3) is 0 Å². The lowest BCUT2D eigenvalue weighted by Crippen LogP contribution is -2.49. The van der Waals surface area contributed by atoms with E-state index in [0.717, 1.165) is 19.4 Å². The van der Waals surface area contributed by atoms with Crippen molar-refractivity contribution in [1.29, 1.82) is 0 Å². The van der Waals surface area contributed by atoms with E-state index in [1.54, 1.807) is 43.9 Å². The zero-order chi connectivity index (χ0) is 16.8. The Morgan fingerprint density at radius 3 is 2.83 bits per heavy atom. The summed E-state index contributed by atoms with van der Waals surface area (Å²) in [5.74, 6) is 1.20. The van der Waals surface area contributed by atoms with Crippen LogP contribution in [-0.4, -0.2) is 47.2 Å². The highest BCUT2D eigenvalue weighted by Gasteiger charge is 2.22. The van der Waals surface area contributed by atoms with Crippen LogP contribution in [0.1, 0.15) is 12.8 Å². The maximum absolute atomic E-state index is 12.1. The average Bonchev–Trinajstić information content (AvgIpc) is 2.63. The number of carbonyl (C=O) groups is 1. The molecule has 0 aromatic carbocycles. The Bertz CT molecular complexity index is 664. The fourth-order valence-electron chi connectivity index (χ4n) is 2.66. The summed E-state index contributed by atoms with van der Waals surface area (Å²) in [4.78, 5) is 26.8. The molecule has 8 heteroatoms. The number of hydrogen-bond acceptors (Lipinski definition) is 6. The summed E-state index contributed by atoms with van der Waals surface area (Å²) in [5, 5.41) is 5.77. The molecule has 0 spiro atoms. The third-order valence-corrected chi connectivity index (χ3v) is 3.79. The van der Waals surface area contributed by atoms with Crippen LogP contribution in [0.25, 0.3) is 0 Å². The Kier molecular flexibility index (Phi) is 5.05. The first-order valence-corrected chi connectivity index (χ1v) is 7.84. The highest BCUT2D eigenvalue weighted by atomic mass is 16.5. The van der Waals surface area contributed by atoms with E-state index in [-0.39, 0.29) is 12.1 Å². The van der Waals surface area contributed by atoms with Gasteiger partial charge in [-0.25, -0.2) is 19.7 Å². The van der Waals surface area contributed by atoms with Gasteiger partial charge >= 0.3 is 6.03 Å². The molecule has 3 rings (SSSR count). The molecule has 0 radical (unpaired) electrons. The number of nitrogens with zero attached hydrogens (tertiary/aromatic N) is 4. The Labute approximate surface area is 140 Å². The van der Waals surface area contributed by atoms with E-state index in [9.17, 15) is 4.79 Å². The van der Waals surface area contributed by atoms with E-state index in [1.807, 2.05) is 0 Å². The lowest BCUT2D eigenvalue weighted by molar-refractivity contribution is 0.246. The largest absolute Gasteiger partial charge is 0.481 e. The van der Waals surface area contributed by atoms with E-state index in [1.165, 1.54) is 0 Å². The number of hydrogen-bond donors (Lipinski definition) is 2. The first-order valence-electron chi connectivity index (χ1n) is 7.84. The third-order valence-electron chi connectivity index (χ3n) is 3.79. The number of amides is 2. The number of piperidine rings is 1. The molecule has 3 heterocycles. The van der Waals surface area contributed by atoms with Gasteiger partial charge in [0.05, 0.1) is 19.0 Å². The van der Waals surface area contributed by atoms with Gasteiger partial charge in [-0.3, -0.25) is 0 Å². The topological polar surface area (TPSA) is 92.3 Å². The van der Waals surface area contributed by atoms with Gasteiger partial charge in [-0.1, -0.05) is 0 Å². The minimum atomic E-state index is -0.247. The molecule has 1 aliphatic heterocycles. The maximum Gasteiger partial charge on any atom is 0.319 e. The smallest absolute Gasteiger partial charge is 0.319 e. The molecular formula is C16H20N6O2. The Hall–Kier alpha value is -2.90. The molecule has 0 bridgehead atoms. The monoisotopic (exact) mass is 328 g/mol. The molecule has 2 aromatic heterocycles. The first kappa shape index (κ1) is 16.0. The van der Waals surface area contributed by atoms with E-state index in [4.69, 9.17) is 4.74 Å². The third kappa shape index (κ3) is 4.09. The van der Waals surface area contributed by atoms with Gasteiger partial charge in [-0.2, -0.15) is 0 Å². The van der Waals surface area contributed by atoms with Crippen molar-refractivity contribution in [2.24, 2.45) is 0 Å². The molecule has 1 unspecified atom stereocenters. The predicted octanol–water partition coefficient (Wildman–Crippen LogP) is 1.67. The maximum atomic E-state index is 12.1. The van der Waals surface area contributed by atoms with Crippen LogP contribution in [0.4, 0.5) is 16.4 Å². The molecule has 0 aliphatic carbocycles. The van der Waals surface area contributed by atoms with E-state index in [2.05, 4.69) is 30.5 Å². The predicted molar refractivity (Wildman–Crippen MR) is 90.2 cm³/mol. The summed E-state index contributed by atoms with van der Waals surface area (Å²) >= 11 is 0. The normalized spacial score (nSPS) is 17.2. The molecule has 1 fully saturated rings. The summed E-state index contributed by atoms with van der Waals surface area (Å²) in [6, 6.07) is 5.04. The Morgan fingerprint density at radius 1 is 1.29 bits per heavy atom. The minimum absolute atomic E-state index is 0.0498. The van der Waals surface area contributed by atoms with Crippen LogP contribution in [0, 0.1) is 0 Å². The quantitative estimate of drug-likeness (QED) is 0.887. The van der Waals surface area contributed by atoms with Crippen molar-refractivity contribution in [1.82, 2.24) is 20.3 Å². The van der Waals surface area contributed by atoms with Crippen molar-refractivity contribution in [3.8, 4) is 5.88 Å². The number of methoxy groups -OCH3 is 1. The highest BCUT2D eigenvalue weighted by Crippen LogP contribution is 2.16. The van der Waals surface area contributed by atoms with Gasteiger partial charge in [-0.05, 0) is 25.0 Å². The number of urea groups is 1. The SMILES string of the molecule is COc1ccc(NC(=O)NC2CCCN(c3ncccn3)C2)cn1. The summed E-state index contributed by atoms with van der Waals surface area (Å²) in [5.41, 5.74) is 0.618. The Morgan fingerprint density at radius 2 is 2.12 bits per heavy atom. The first-order chi connectivity index (χ1) is 11.7. The molecular weight excluding hydrogens is 308 g/mol. The van der Waals surface area contributed by atoms with Gasteiger partial charge in [0.15, 0.2) is 0 Å². The number of rotatable bonds is 4. The standard InChI is InChI=1S/C16H20N6O2/c1-24-14-6-5-12(10-19-14)20-16(23)21-13-4-2-9-22(11-13)15-17-7-3-8-18-15/h3,5-8,10,13H,2,4,9,11H2,1H3,(H2,20,21,23). The number of aromatic nitrogens is 3. The lowest BCUT2D eigenvalue weighted by Gasteiger charge is -2.33. The molecule has 8 nitrogen and oxygen atoms in total. The van der Waals surface area contributed by atoms with Crippen molar-refractivity contribution in [3.05, 3.63) is 36.8 Å². The molecule has 0 saturated carbocycles. The molecule has 1 aliphatic rings. The molecule has 2 N–H and O–H groups in total. The zero-order valence-corrected chi connectivity index (χ0v) is 13.5. The second-order valence-electron chi connectivity index (χ2n) is 5.52. The van der Waals surface area contributed by atoms with Crippen LogP contribution in [-0.2, 0) is 0 Å². The van der Waals surface area contributed by atoms with Crippen LogP contribution in [0.15, 0.2) is 36.8 Å². The zero-order valence-electron chi connectivity index (χ0n) is 13.5. The van der Waals surface area contributed by atoms with Gasteiger partial charge in [0.1, 0.15) is 0 Å². The fourth-order valence-corrected chi connectivity index (χ4v) is 2.66. The molecule has 1 atom stereocenters. The minimum Gasteiger partial charge on any atom is -0.481 e. The molecule has 126 valence electrons. The summed E-state index contributed by atoms with van der Waals surface area (Å²) < 4.78 is 4.99. The van der Waals surface area contributed by atoms with Crippen LogP contribution in [0.2, 0.25) is 0 Å². The van der Waals surface area contributed by atoms with Crippen LogP contribution in [0.5, 0.6) is 5.88 Å². The molecule has 24 heavy (non-hydrogen) atoms. The van der Waals surface area contributed by atoms with Gasteiger partial charge < -0.3 is 20.3 Å². The number of nitrogens with one attached hydrogen (secondary N) is 2. The summed E-state index contributed by atoms with van der Waals surface area (Å²) in [6.07, 6.45) is 6.92. The van der Waals surface area contributed by atoms with Gasteiger partial charge in [-0.15, -0.1) is 0 Å². The second kappa shape index (κ2) is 7.58. The van der Waals surface area contributed by atoms with Crippen LogP contribution in [0.3, 0.4) is 0 Å². The average molecular weight is 328 g/mol.